The quantitative estimate of drug-likeness (QED) is 0.796. The third-order valence-corrected chi connectivity index (χ3v) is 4.28. The Labute approximate surface area is 133 Å². The van der Waals surface area contributed by atoms with Crippen molar-refractivity contribution in [1.82, 2.24) is 14.6 Å². The van der Waals surface area contributed by atoms with Crippen LogP contribution >= 0.6 is 11.6 Å². The molecule has 1 fully saturated rings. The predicted molar refractivity (Wildman–Crippen MR) is 83.2 cm³/mol. The summed E-state index contributed by atoms with van der Waals surface area (Å²) in [5, 5.41) is 4.68. The number of hydrogen-bond donors (Lipinski definition) is 0. The van der Waals surface area contributed by atoms with Crippen LogP contribution in [0.5, 0.6) is 0 Å². The average Bonchev–Trinajstić information content (AvgIpc) is 2.87. The zero-order valence-electron chi connectivity index (χ0n) is 12.8. The van der Waals surface area contributed by atoms with Crippen LogP contribution in [0.2, 0.25) is 5.02 Å². The normalized spacial score (nSPS) is 20.8. The summed E-state index contributed by atoms with van der Waals surface area (Å²) in [6, 6.07) is 3.41. The molecule has 0 unspecified atom stereocenters. The topological polar surface area (TPSA) is 48.7 Å². The lowest BCUT2D eigenvalue weighted by Crippen LogP contribution is -2.41. The summed E-state index contributed by atoms with van der Waals surface area (Å²) < 4.78 is 27.2. The molecule has 2 aromatic rings. The summed E-state index contributed by atoms with van der Waals surface area (Å²) in [5.41, 5.74) is -1.18. The first kappa shape index (κ1) is 15.5. The first-order valence-corrected chi connectivity index (χ1v) is 7.30. The highest BCUT2D eigenvalue weighted by atomic mass is 35.5. The summed E-state index contributed by atoms with van der Waals surface area (Å²) in [4.78, 5) is 4.20. The van der Waals surface area contributed by atoms with E-state index in [4.69, 9.17) is 20.9 Å². The van der Waals surface area contributed by atoms with E-state index < -0.39 is 24.0 Å². The van der Waals surface area contributed by atoms with E-state index >= 15 is 0 Å². The van der Waals surface area contributed by atoms with Crippen molar-refractivity contribution in [3.63, 3.8) is 0 Å². The van der Waals surface area contributed by atoms with Gasteiger partial charge in [0, 0.05) is 12.3 Å². The van der Waals surface area contributed by atoms with E-state index in [2.05, 4.69) is 10.1 Å². The molecule has 0 radical (unpaired) electrons. The highest BCUT2D eigenvalue weighted by Gasteiger charge is 2.53. The molecule has 116 valence electrons. The second-order valence-electron chi connectivity index (χ2n) is 6.24. The molecule has 0 aliphatic carbocycles. The van der Waals surface area contributed by atoms with E-state index in [1.54, 1.807) is 18.3 Å². The van der Waals surface area contributed by atoms with Gasteiger partial charge < -0.3 is 9.31 Å². The minimum atomic E-state index is -1.06. The first-order valence-electron chi connectivity index (χ1n) is 6.93. The molecule has 1 aliphatic heterocycles. The first-order chi connectivity index (χ1) is 10.2. The molecule has 5 nitrogen and oxygen atoms in total. The van der Waals surface area contributed by atoms with Crippen LogP contribution in [0.15, 0.2) is 24.1 Å². The number of hydrogen-bond acceptors (Lipinski definition) is 4. The largest absolute Gasteiger partial charge is 0.525 e. The average molecular weight is 324 g/mol. The van der Waals surface area contributed by atoms with Gasteiger partial charge in [-0.15, -0.1) is 5.10 Å². The second kappa shape index (κ2) is 5.04. The van der Waals surface area contributed by atoms with Gasteiger partial charge in [0.1, 0.15) is 5.73 Å². The Hall–Kier alpha value is -1.44. The summed E-state index contributed by atoms with van der Waals surface area (Å²) in [6.45, 7) is 7.47. The fourth-order valence-corrected chi connectivity index (χ4v) is 2.24. The van der Waals surface area contributed by atoms with Gasteiger partial charge in [-0.1, -0.05) is 11.6 Å². The Bertz CT molecular complexity index is 744. The van der Waals surface area contributed by atoms with Gasteiger partial charge in [-0.05, 0) is 39.8 Å². The SMILES string of the molecule is CC1(C)OB(C(F)=Cc2nc3ccc(Cl)cn3n2)OC1(C)C. The molecule has 0 bridgehead atoms. The van der Waals surface area contributed by atoms with Crippen molar-refractivity contribution >= 4 is 30.4 Å². The molecule has 22 heavy (non-hydrogen) atoms. The van der Waals surface area contributed by atoms with Crippen molar-refractivity contribution in [3.8, 4) is 0 Å². The summed E-state index contributed by atoms with van der Waals surface area (Å²) >= 11 is 5.88. The molecule has 3 rings (SSSR count). The lowest BCUT2D eigenvalue weighted by Gasteiger charge is -2.32. The number of pyridine rings is 1. The van der Waals surface area contributed by atoms with E-state index in [0.29, 0.717) is 10.7 Å². The predicted octanol–water partition coefficient (Wildman–Crippen LogP) is 3.32. The highest BCUT2D eigenvalue weighted by Crippen LogP contribution is 2.38. The van der Waals surface area contributed by atoms with Gasteiger partial charge in [-0.3, -0.25) is 0 Å². The maximum absolute atomic E-state index is 14.4. The van der Waals surface area contributed by atoms with Gasteiger partial charge in [0.05, 0.1) is 16.2 Å². The molecule has 1 aliphatic rings. The van der Waals surface area contributed by atoms with E-state index in [9.17, 15) is 4.39 Å². The number of fused-ring (bicyclic) bond motifs is 1. The fraction of sp³-hybridized carbons (Fsp3) is 0.429. The van der Waals surface area contributed by atoms with Crippen molar-refractivity contribution < 1.29 is 13.7 Å². The van der Waals surface area contributed by atoms with Crippen LogP contribution in [-0.4, -0.2) is 32.9 Å². The van der Waals surface area contributed by atoms with Crippen molar-refractivity contribution in [1.29, 1.82) is 0 Å². The molecule has 1 saturated heterocycles. The zero-order valence-corrected chi connectivity index (χ0v) is 13.6. The number of aromatic nitrogens is 3. The van der Waals surface area contributed by atoms with Gasteiger partial charge >= 0.3 is 7.12 Å². The van der Waals surface area contributed by atoms with Gasteiger partial charge in [0.25, 0.3) is 0 Å². The van der Waals surface area contributed by atoms with Crippen LogP contribution in [0, 0.1) is 0 Å². The zero-order chi connectivity index (χ0) is 16.1. The number of halogens is 2. The van der Waals surface area contributed by atoms with Crippen LogP contribution in [0.4, 0.5) is 4.39 Å². The number of rotatable bonds is 2. The Balaban J connectivity index is 1.88. The standard InChI is InChI=1S/C14H16BClFN3O2/c1-13(2)14(3,4)22-15(21-13)10(17)7-11-18-12-6-5-9(16)8-20(12)19-11/h5-8H,1-4H3. The lowest BCUT2D eigenvalue weighted by molar-refractivity contribution is 0.00578. The molecule has 0 saturated carbocycles. The summed E-state index contributed by atoms with van der Waals surface area (Å²) in [5.74, 6) is 0.231. The molecule has 8 heteroatoms. The van der Waals surface area contributed by atoms with Gasteiger partial charge in [0.2, 0.25) is 0 Å². The monoisotopic (exact) mass is 323 g/mol. The summed E-state index contributed by atoms with van der Waals surface area (Å²) in [7, 11) is -1.06. The molecule has 0 spiro atoms. The van der Waals surface area contributed by atoms with Crippen molar-refractivity contribution in [2.75, 3.05) is 0 Å². The van der Waals surface area contributed by atoms with Crippen molar-refractivity contribution in [2.45, 2.75) is 38.9 Å². The number of nitrogens with zero attached hydrogens (tertiary/aromatic N) is 3. The van der Waals surface area contributed by atoms with E-state index in [0.717, 1.165) is 0 Å². The van der Waals surface area contributed by atoms with E-state index in [1.165, 1.54) is 10.6 Å². The lowest BCUT2D eigenvalue weighted by atomic mass is 9.88. The fourth-order valence-electron chi connectivity index (χ4n) is 2.08. The molecular weight excluding hydrogens is 307 g/mol. The van der Waals surface area contributed by atoms with Crippen molar-refractivity contribution in [2.24, 2.45) is 0 Å². The van der Waals surface area contributed by atoms with Gasteiger partial charge in [0.15, 0.2) is 11.5 Å². The van der Waals surface area contributed by atoms with E-state index in [1.807, 2.05) is 27.7 Å². The summed E-state index contributed by atoms with van der Waals surface area (Å²) in [6.07, 6.45) is 2.82. The van der Waals surface area contributed by atoms with Gasteiger partial charge in [-0.25, -0.2) is 13.9 Å². The van der Waals surface area contributed by atoms with Crippen molar-refractivity contribution in [3.05, 3.63) is 34.9 Å². The minimum Gasteiger partial charge on any atom is -0.398 e. The van der Waals surface area contributed by atoms with Crippen LogP contribution in [0.1, 0.15) is 33.5 Å². The third kappa shape index (κ3) is 2.64. The van der Waals surface area contributed by atoms with Crippen LogP contribution in [-0.2, 0) is 9.31 Å². The van der Waals surface area contributed by atoms with Gasteiger partial charge in [-0.2, -0.15) is 0 Å². The minimum absolute atomic E-state index is 0.231. The molecule has 0 N–H and O–H groups in total. The molecule has 0 atom stereocenters. The smallest absolute Gasteiger partial charge is 0.398 e. The third-order valence-electron chi connectivity index (χ3n) is 4.06. The Kier molecular flexibility index (Phi) is 3.54. The maximum Gasteiger partial charge on any atom is 0.525 e. The highest BCUT2D eigenvalue weighted by molar-refractivity contribution is 6.54. The molecule has 0 amide bonds. The molecule has 3 heterocycles. The van der Waals surface area contributed by atoms with Crippen LogP contribution in [0.3, 0.4) is 0 Å². The van der Waals surface area contributed by atoms with E-state index in [-0.39, 0.29) is 5.82 Å². The molecule has 2 aromatic heterocycles. The Morgan fingerprint density at radius 1 is 1.27 bits per heavy atom. The Morgan fingerprint density at radius 2 is 1.91 bits per heavy atom. The second-order valence-corrected chi connectivity index (χ2v) is 6.67. The molecular formula is C14H16BClFN3O2. The van der Waals surface area contributed by atoms with Crippen LogP contribution < -0.4 is 0 Å². The molecule has 0 aromatic carbocycles. The maximum atomic E-state index is 14.4. The Morgan fingerprint density at radius 3 is 2.55 bits per heavy atom. The van der Waals surface area contributed by atoms with Crippen LogP contribution in [0.25, 0.3) is 11.7 Å².